The van der Waals surface area contributed by atoms with Gasteiger partial charge in [-0.1, -0.05) is 18.2 Å². The van der Waals surface area contributed by atoms with E-state index in [4.69, 9.17) is 9.47 Å². The van der Waals surface area contributed by atoms with Crippen LogP contribution in [-0.4, -0.2) is 30.3 Å². The number of esters is 1. The molecule has 0 radical (unpaired) electrons. The van der Waals surface area contributed by atoms with Crippen LogP contribution in [-0.2, 0) is 14.3 Å². The number of hydrogen-bond acceptors (Lipinski definition) is 4. The first-order chi connectivity index (χ1) is 9.88. The molecule has 4 nitrogen and oxygen atoms in total. The van der Waals surface area contributed by atoms with Crippen LogP contribution >= 0.6 is 0 Å². The van der Waals surface area contributed by atoms with E-state index in [1.54, 1.807) is 0 Å². The van der Waals surface area contributed by atoms with E-state index in [9.17, 15) is 4.79 Å². The van der Waals surface area contributed by atoms with Crippen molar-refractivity contribution >= 4 is 11.7 Å². The minimum atomic E-state index is -0.718. The molecule has 1 heterocycles. The molecule has 116 valence electrons. The summed E-state index contributed by atoms with van der Waals surface area (Å²) in [6.07, 6.45) is 1.21. The lowest BCUT2D eigenvalue weighted by molar-refractivity contribution is -0.158. The molecule has 1 aliphatic heterocycles. The molecule has 1 unspecified atom stereocenters. The highest BCUT2D eigenvalue weighted by Gasteiger charge is 2.47. The molecule has 0 bridgehead atoms. The third kappa shape index (κ3) is 3.56. The number of anilines is 1. The van der Waals surface area contributed by atoms with Gasteiger partial charge < -0.3 is 14.8 Å². The lowest BCUT2D eigenvalue weighted by Crippen LogP contribution is -2.56. The van der Waals surface area contributed by atoms with Gasteiger partial charge in [0.05, 0.1) is 18.8 Å². The second-order valence-corrected chi connectivity index (χ2v) is 6.28. The van der Waals surface area contributed by atoms with Gasteiger partial charge in [0, 0.05) is 18.5 Å². The third-order valence-electron chi connectivity index (χ3n) is 3.93. The fourth-order valence-corrected chi connectivity index (χ4v) is 2.94. The Morgan fingerprint density at radius 3 is 2.71 bits per heavy atom. The summed E-state index contributed by atoms with van der Waals surface area (Å²) in [5.74, 6) is -0.190. The van der Waals surface area contributed by atoms with Gasteiger partial charge in [0.1, 0.15) is 5.54 Å². The molecule has 1 saturated heterocycles. The van der Waals surface area contributed by atoms with E-state index >= 15 is 0 Å². The van der Waals surface area contributed by atoms with Crippen molar-refractivity contribution in [3.05, 3.63) is 29.8 Å². The Morgan fingerprint density at radius 1 is 1.38 bits per heavy atom. The zero-order chi connectivity index (χ0) is 15.5. The minimum Gasteiger partial charge on any atom is -0.464 e. The predicted molar refractivity (Wildman–Crippen MR) is 83.4 cm³/mol. The molecule has 21 heavy (non-hydrogen) atoms. The van der Waals surface area contributed by atoms with Gasteiger partial charge in [-0.15, -0.1) is 0 Å². The fourth-order valence-electron chi connectivity index (χ4n) is 2.94. The zero-order valence-electron chi connectivity index (χ0n) is 13.4. The quantitative estimate of drug-likeness (QED) is 0.865. The summed E-state index contributed by atoms with van der Waals surface area (Å²) in [5.41, 5.74) is 1.03. The Labute approximate surface area is 126 Å². The summed E-state index contributed by atoms with van der Waals surface area (Å²) in [5, 5.41) is 3.45. The molecular weight excluding hydrogens is 266 g/mol. The molecule has 0 aliphatic carbocycles. The van der Waals surface area contributed by atoms with Crippen molar-refractivity contribution in [1.82, 2.24) is 0 Å². The first-order valence-electron chi connectivity index (χ1n) is 7.53. The molecule has 1 aliphatic rings. The van der Waals surface area contributed by atoms with Crippen LogP contribution < -0.4 is 5.32 Å². The van der Waals surface area contributed by atoms with Gasteiger partial charge >= 0.3 is 5.97 Å². The van der Waals surface area contributed by atoms with Gasteiger partial charge in [-0.05, 0) is 39.3 Å². The lowest BCUT2D eigenvalue weighted by atomic mass is 9.80. The van der Waals surface area contributed by atoms with Gasteiger partial charge in [-0.3, -0.25) is 0 Å². The standard InChI is InChI=1S/C17H25NO3/c1-5-20-15(19)17(10-11-21-16(3,4)12-17)18-14-9-7-6-8-13(14)2/h6-9,18H,5,10-12H2,1-4H3. The number of nitrogens with one attached hydrogen (secondary N) is 1. The maximum atomic E-state index is 12.6. The van der Waals surface area contributed by atoms with Crippen molar-refractivity contribution in [2.75, 3.05) is 18.5 Å². The van der Waals surface area contributed by atoms with Crippen molar-refractivity contribution < 1.29 is 14.3 Å². The Kier molecular flexibility index (Phi) is 4.57. The van der Waals surface area contributed by atoms with Crippen molar-refractivity contribution in [3.63, 3.8) is 0 Å². The van der Waals surface area contributed by atoms with Gasteiger partial charge in [-0.25, -0.2) is 4.79 Å². The summed E-state index contributed by atoms with van der Waals surface area (Å²) in [6, 6.07) is 7.99. The Bertz CT molecular complexity index is 513. The highest BCUT2D eigenvalue weighted by Crippen LogP contribution is 2.36. The normalized spacial score (nSPS) is 24.4. The number of para-hydroxylation sites is 1. The van der Waals surface area contributed by atoms with Crippen LogP contribution in [0, 0.1) is 6.92 Å². The van der Waals surface area contributed by atoms with Crippen LogP contribution in [0.15, 0.2) is 24.3 Å². The molecule has 0 amide bonds. The molecule has 0 saturated carbocycles. The van der Waals surface area contributed by atoms with E-state index in [1.807, 2.05) is 52.0 Å². The van der Waals surface area contributed by atoms with Crippen LogP contribution in [0.4, 0.5) is 5.69 Å². The number of carbonyl (C=O) groups excluding carboxylic acids is 1. The monoisotopic (exact) mass is 291 g/mol. The molecule has 4 heteroatoms. The SMILES string of the molecule is CCOC(=O)C1(Nc2ccccc2C)CCOC(C)(C)C1. The molecule has 1 aromatic carbocycles. The van der Waals surface area contributed by atoms with E-state index in [-0.39, 0.29) is 11.6 Å². The smallest absolute Gasteiger partial charge is 0.331 e. The van der Waals surface area contributed by atoms with Crippen LogP contribution in [0.5, 0.6) is 0 Å². The summed E-state index contributed by atoms with van der Waals surface area (Å²) in [4.78, 5) is 12.6. The average molecular weight is 291 g/mol. The Hall–Kier alpha value is -1.55. The van der Waals surface area contributed by atoms with E-state index in [2.05, 4.69) is 5.32 Å². The summed E-state index contributed by atoms with van der Waals surface area (Å²) < 4.78 is 11.1. The first-order valence-corrected chi connectivity index (χ1v) is 7.53. The van der Waals surface area contributed by atoms with Crippen molar-refractivity contribution in [3.8, 4) is 0 Å². The summed E-state index contributed by atoms with van der Waals surface area (Å²) in [7, 11) is 0. The predicted octanol–water partition coefficient (Wildman–Crippen LogP) is 3.30. The second kappa shape index (κ2) is 6.06. The van der Waals surface area contributed by atoms with Crippen LogP contribution in [0.3, 0.4) is 0 Å². The summed E-state index contributed by atoms with van der Waals surface area (Å²) in [6.45, 7) is 8.83. The van der Waals surface area contributed by atoms with Gasteiger partial charge in [-0.2, -0.15) is 0 Å². The Balaban J connectivity index is 2.32. The largest absolute Gasteiger partial charge is 0.464 e. The maximum absolute atomic E-state index is 12.6. The molecular formula is C17H25NO3. The minimum absolute atomic E-state index is 0.190. The van der Waals surface area contributed by atoms with E-state index in [0.717, 1.165) is 11.3 Å². The first kappa shape index (κ1) is 15.8. The van der Waals surface area contributed by atoms with E-state index < -0.39 is 5.54 Å². The highest BCUT2D eigenvalue weighted by molar-refractivity contribution is 5.85. The van der Waals surface area contributed by atoms with Crippen LogP contribution in [0.2, 0.25) is 0 Å². The number of rotatable bonds is 4. The average Bonchev–Trinajstić information content (AvgIpc) is 2.40. The second-order valence-electron chi connectivity index (χ2n) is 6.28. The van der Waals surface area contributed by atoms with Crippen molar-refractivity contribution in [2.24, 2.45) is 0 Å². The molecule has 1 N–H and O–H groups in total. The molecule has 2 rings (SSSR count). The number of ether oxygens (including phenoxy) is 2. The lowest BCUT2D eigenvalue weighted by Gasteiger charge is -2.44. The zero-order valence-corrected chi connectivity index (χ0v) is 13.4. The molecule has 1 fully saturated rings. The molecule has 1 atom stereocenters. The van der Waals surface area contributed by atoms with Crippen LogP contribution in [0.25, 0.3) is 0 Å². The van der Waals surface area contributed by atoms with Gasteiger partial charge in [0.25, 0.3) is 0 Å². The molecule has 0 aromatic heterocycles. The summed E-state index contributed by atoms with van der Waals surface area (Å²) >= 11 is 0. The van der Waals surface area contributed by atoms with Gasteiger partial charge in [0.15, 0.2) is 0 Å². The molecule has 1 aromatic rings. The van der Waals surface area contributed by atoms with E-state index in [1.165, 1.54) is 0 Å². The fraction of sp³-hybridized carbons (Fsp3) is 0.588. The topological polar surface area (TPSA) is 47.6 Å². The van der Waals surface area contributed by atoms with Crippen molar-refractivity contribution in [2.45, 2.75) is 51.7 Å². The van der Waals surface area contributed by atoms with Crippen molar-refractivity contribution in [1.29, 1.82) is 0 Å². The highest BCUT2D eigenvalue weighted by atomic mass is 16.5. The molecule has 0 spiro atoms. The van der Waals surface area contributed by atoms with E-state index in [0.29, 0.717) is 26.1 Å². The third-order valence-corrected chi connectivity index (χ3v) is 3.93. The number of benzene rings is 1. The number of aryl methyl sites for hydroxylation is 1. The van der Waals surface area contributed by atoms with Gasteiger partial charge in [0.2, 0.25) is 0 Å². The number of carbonyl (C=O) groups is 1. The van der Waals surface area contributed by atoms with Crippen LogP contribution in [0.1, 0.15) is 39.2 Å². The number of hydrogen-bond donors (Lipinski definition) is 1. The Morgan fingerprint density at radius 2 is 2.10 bits per heavy atom. The maximum Gasteiger partial charge on any atom is 0.331 e.